The van der Waals surface area contributed by atoms with Crippen LogP contribution in [0.25, 0.3) is 0 Å². The van der Waals surface area contributed by atoms with Gasteiger partial charge in [-0.2, -0.15) is 0 Å². The van der Waals surface area contributed by atoms with E-state index in [2.05, 4.69) is 0 Å². The first-order valence-electron chi connectivity index (χ1n) is 6.54. The lowest BCUT2D eigenvalue weighted by atomic mass is 10.0. The average molecular weight is 267 g/mol. The minimum absolute atomic E-state index is 0.192. The molecule has 1 aromatic rings. The number of rotatable bonds is 4. The van der Waals surface area contributed by atoms with Crippen molar-refractivity contribution < 1.29 is 8.42 Å². The Kier molecular flexibility index (Phi) is 4.07. The highest BCUT2D eigenvalue weighted by Gasteiger charge is 2.26. The summed E-state index contributed by atoms with van der Waals surface area (Å²) in [5.74, 6) is 0.596. The van der Waals surface area contributed by atoms with Crippen LogP contribution in [0.3, 0.4) is 0 Å². The molecule has 18 heavy (non-hydrogen) atoms. The highest BCUT2D eigenvalue weighted by Crippen LogP contribution is 2.28. The third-order valence-corrected chi connectivity index (χ3v) is 5.57. The van der Waals surface area contributed by atoms with Crippen LogP contribution in [0.4, 0.5) is 0 Å². The van der Waals surface area contributed by atoms with Gasteiger partial charge in [0.1, 0.15) is 0 Å². The summed E-state index contributed by atoms with van der Waals surface area (Å²) in [6.45, 7) is 1.91. The van der Waals surface area contributed by atoms with E-state index in [1.54, 1.807) is 18.2 Å². The van der Waals surface area contributed by atoms with Crippen molar-refractivity contribution in [3.05, 3.63) is 29.8 Å². The predicted octanol–water partition coefficient (Wildman–Crippen LogP) is 2.29. The second kappa shape index (κ2) is 5.41. The Morgan fingerprint density at radius 3 is 2.72 bits per heavy atom. The van der Waals surface area contributed by atoms with Crippen LogP contribution in [0.5, 0.6) is 0 Å². The van der Waals surface area contributed by atoms with Crippen molar-refractivity contribution >= 4 is 9.84 Å². The summed E-state index contributed by atoms with van der Waals surface area (Å²) in [6.07, 6.45) is 3.94. The quantitative estimate of drug-likeness (QED) is 0.910. The molecule has 1 saturated carbocycles. The lowest BCUT2D eigenvalue weighted by Gasteiger charge is -2.15. The fourth-order valence-corrected chi connectivity index (χ4v) is 4.16. The van der Waals surface area contributed by atoms with Crippen LogP contribution in [0, 0.1) is 12.8 Å². The second-order valence-corrected chi connectivity index (χ2v) is 7.39. The van der Waals surface area contributed by atoms with Crippen LogP contribution in [0.15, 0.2) is 29.2 Å². The molecule has 2 rings (SSSR count). The minimum Gasteiger partial charge on any atom is -0.327 e. The molecule has 2 atom stereocenters. The fourth-order valence-electron chi connectivity index (χ4n) is 2.66. The largest absolute Gasteiger partial charge is 0.327 e. The molecule has 0 spiro atoms. The molecule has 2 N–H and O–H groups in total. The molecule has 0 aromatic heterocycles. The SMILES string of the molecule is Cc1cccc(S(=O)(=O)CCC2CCCC2N)c1. The molecule has 0 amide bonds. The van der Waals surface area contributed by atoms with Crippen molar-refractivity contribution in [2.24, 2.45) is 11.7 Å². The zero-order valence-corrected chi connectivity index (χ0v) is 11.6. The van der Waals surface area contributed by atoms with Gasteiger partial charge in [-0.3, -0.25) is 0 Å². The molecule has 100 valence electrons. The van der Waals surface area contributed by atoms with Gasteiger partial charge >= 0.3 is 0 Å². The molecule has 0 radical (unpaired) electrons. The zero-order chi connectivity index (χ0) is 13.2. The van der Waals surface area contributed by atoms with E-state index in [1.807, 2.05) is 13.0 Å². The topological polar surface area (TPSA) is 60.2 Å². The van der Waals surface area contributed by atoms with Crippen molar-refractivity contribution in [1.82, 2.24) is 0 Å². The fraction of sp³-hybridized carbons (Fsp3) is 0.571. The van der Waals surface area contributed by atoms with E-state index in [1.165, 1.54) is 0 Å². The van der Waals surface area contributed by atoms with Crippen LogP contribution in [-0.2, 0) is 9.84 Å². The summed E-state index contributed by atoms with van der Waals surface area (Å²) in [4.78, 5) is 0.439. The third kappa shape index (κ3) is 3.12. The Bertz CT molecular complexity index is 510. The highest BCUT2D eigenvalue weighted by molar-refractivity contribution is 7.91. The maximum Gasteiger partial charge on any atom is 0.178 e. The molecule has 1 fully saturated rings. The highest BCUT2D eigenvalue weighted by atomic mass is 32.2. The van der Waals surface area contributed by atoms with E-state index in [4.69, 9.17) is 5.73 Å². The van der Waals surface area contributed by atoms with E-state index >= 15 is 0 Å². The molecule has 1 aromatic carbocycles. The van der Waals surface area contributed by atoms with Gasteiger partial charge in [-0.25, -0.2) is 8.42 Å². The summed E-state index contributed by atoms with van der Waals surface area (Å²) in [5, 5.41) is 0. The number of hydrogen-bond donors (Lipinski definition) is 1. The van der Waals surface area contributed by atoms with Gasteiger partial charge in [0.05, 0.1) is 10.6 Å². The Hall–Kier alpha value is -0.870. The first-order chi connectivity index (χ1) is 8.49. The van der Waals surface area contributed by atoms with E-state index in [0.717, 1.165) is 24.8 Å². The van der Waals surface area contributed by atoms with E-state index in [9.17, 15) is 8.42 Å². The minimum atomic E-state index is -3.15. The molecule has 0 saturated heterocycles. The first-order valence-corrected chi connectivity index (χ1v) is 8.19. The van der Waals surface area contributed by atoms with Gasteiger partial charge in [0.2, 0.25) is 0 Å². The Balaban J connectivity index is 2.03. The maximum absolute atomic E-state index is 12.2. The number of sulfone groups is 1. The molecule has 0 bridgehead atoms. The number of nitrogens with two attached hydrogens (primary N) is 1. The summed E-state index contributed by atoms with van der Waals surface area (Å²) >= 11 is 0. The van der Waals surface area contributed by atoms with Crippen LogP contribution in [0.1, 0.15) is 31.2 Å². The van der Waals surface area contributed by atoms with E-state index < -0.39 is 9.84 Å². The van der Waals surface area contributed by atoms with Crippen molar-refractivity contribution in [2.45, 2.75) is 43.5 Å². The molecule has 1 aliphatic rings. The average Bonchev–Trinajstić information content (AvgIpc) is 2.72. The van der Waals surface area contributed by atoms with Gasteiger partial charge in [0.15, 0.2) is 9.84 Å². The normalized spacial score (nSPS) is 24.3. The van der Waals surface area contributed by atoms with Crippen molar-refractivity contribution in [3.8, 4) is 0 Å². The lowest BCUT2D eigenvalue weighted by Crippen LogP contribution is -2.26. The van der Waals surface area contributed by atoms with Gasteiger partial charge < -0.3 is 5.73 Å². The number of hydrogen-bond acceptors (Lipinski definition) is 3. The summed E-state index contributed by atoms with van der Waals surface area (Å²) in [5.41, 5.74) is 6.96. The molecule has 1 aliphatic carbocycles. The molecule has 3 nitrogen and oxygen atoms in total. The summed E-state index contributed by atoms with van der Waals surface area (Å²) < 4.78 is 24.4. The summed E-state index contributed by atoms with van der Waals surface area (Å²) in [7, 11) is -3.15. The summed E-state index contributed by atoms with van der Waals surface area (Å²) in [6, 6.07) is 7.31. The van der Waals surface area contributed by atoms with E-state index in [-0.39, 0.29) is 11.8 Å². The van der Waals surface area contributed by atoms with Crippen LogP contribution < -0.4 is 5.73 Å². The molecule has 0 aliphatic heterocycles. The van der Waals surface area contributed by atoms with Gasteiger partial charge in [-0.15, -0.1) is 0 Å². The number of benzene rings is 1. The van der Waals surface area contributed by atoms with Crippen molar-refractivity contribution in [2.75, 3.05) is 5.75 Å². The Morgan fingerprint density at radius 1 is 1.33 bits per heavy atom. The van der Waals surface area contributed by atoms with Gasteiger partial charge in [-0.05, 0) is 49.8 Å². The molecular weight excluding hydrogens is 246 g/mol. The first kappa shape index (κ1) is 13.6. The van der Waals surface area contributed by atoms with Crippen molar-refractivity contribution in [1.29, 1.82) is 0 Å². The maximum atomic E-state index is 12.2. The molecule has 4 heteroatoms. The monoisotopic (exact) mass is 267 g/mol. The number of aryl methyl sites for hydroxylation is 1. The Morgan fingerprint density at radius 2 is 2.11 bits per heavy atom. The Labute approximate surface area is 109 Å². The van der Waals surface area contributed by atoms with Crippen molar-refractivity contribution in [3.63, 3.8) is 0 Å². The third-order valence-electron chi connectivity index (χ3n) is 3.82. The molecule has 2 unspecified atom stereocenters. The standard InChI is InChI=1S/C14H21NO2S/c1-11-4-2-6-13(10-11)18(16,17)9-8-12-5-3-7-14(12)15/h2,4,6,10,12,14H,3,5,7-9,15H2,1H3. The predicted molar refractivity (Wildman–Crippen MR) is 73.2 cm³/mol. The molecule has 0 heterocycles. The second-order valence-electron chi connectivity index (χ2n) is 5.28. The van der Waals surface area contributed by atoms with Crippen LogP contribution in [-0.4, -0.2) is 20.2 Å². The van der Waals surface area contributed by atoms with Gasteiger partial charge in [0.25, 0.3) is 0 Å². The zero-order valence-electron chi connectivity index (χ0n) is 10.8. The lowest BCUT2D eigenvalue weighted by molar-refractivity contribution is 0.464. The van der Waals surface area contributed by atoms with Crippen LogP contribution in [0.2, 0.25) is 0 Å². The molecular formula is C14H21NO2S. The van der Waals surface area contributed by atoms with Crippen LogP contribution >= 0.6 is 0 Å². The van der Waals surface area contributed by atoms with Gasteiger partial charge in [-0.1, -0.05) is 18.6 Å². The van der Waals surface area contributed by atoms with Gasteiger partial charge in [0, 0.05) is 6.04 Å². The van der Waals surface area contributed by atoms with E-state index in [0.29, 0.717) is 17.2 Å². The smallest absolute Gasteiger partial charge is 0.178 e.